The molecule has 23 heavy (non-hydrogen) atoms. The number of carbonyl (C=O) groups is 2. The Morgan fingerprint density at radius 1 is 1.17 bits per heavy atom. The van der Waals surface area contributed by atoms with Crippen molar-refractivity contribution in [2.45, 2.75) is 6.42 Å². The van der Waals surface area contributed by atoms with Gasteiger partial charge in [-0.05, 0) is 30.3 Å². The average molecular weight is 312 g/mol. The third-order valence-electron chi connectivity index (χ3n) is 2.94. The largest absolute Gasteiger partial charge is 0.430 e. The van der Waals surface area contributed by atoms with Gasteiger partial charge in [-0.1, -0.05) is 0 Å². The van der Waals surface area contributed by atoms with Gasteiger partial charge in [-0.25, -0.2) is 4.98 Å². The Morgan fingerprint density at radius 3 is 2.65 bits per heavy atom. The monoisotopic (exact) mass is 312 g/mol. The fourth-order valence-corrected chi connectivity index (χ4v) is 1.84. The van der Waals surface area contributed by atoms with Gasteiger partial charge in [0.05, 0.1) is 6.42 Å². The minimum absolute atomic E-state index is 0.167. The first kappa shape index (κ1) is 14.5. The summed E-state index contributed by atoms with van der Waals surface area (Å²) in [6.45, 7) is 0. The summed E-state index contributed by atoms with van der Waals surface area (Å²) >= 11 is 0. The topological polar surface area (TPSA) is 124 Å². The molecule has 1 aromatic carbocycles. The first-order valence-corrected chi connectivity index (χ1v) is 6.67. The van der Waals surface area contributed by atoms with Crippen molar-refractivity contribution in [2.24, 2.45) is 0 Å². The molecule has 8 nitrogen and oxygen atoms in total. The van der Waals surface area contributed by atoms with E-state index in [2.05, 4.69) is 15.2 Å². The Labute approximate surface area is 130 Å². The minimum Gasteiger partial charge on any atom is -0.430 e. The number of Topliss-reactive ketones (excluding diaryl/α,β-unsaturated/α-hetero) is 2. The number of hydrogen-bond acceptors (Lipinski definition) is 7. The standard InChI is InChI=1S/C15H12N4O4/c16-9-1-3-10(4-2-9)22-13-6-5-11(23-13)7-12(20)14(21)15-17-8-18-19-15/h1-6,8H,7,16H2,(H,17,18,19). The molecule has 3 rings (SSSR count). The lowest BCUT2D eigenvalue weighted by atomic mass is 10.1. The number of nitrogens with zero attached hydrogens (tertiary/aromatic N) is 2. The van der Waals surface area contributed by atoms with E-state index in [0.717, 1.165) is 0 Å². The van der Waals surface area contributed by atoms with E-state index >= 15 is 0 Å². The van der Waals surface area contributed by atoms with Gasteiger partial charge in [0.2, 0.25) is 11.6 Å². The molecule has 3 N–H and O–H groups in total. The van der Waals surface area contributed by atoms with E-state index in [1.54, 1.807) is 36.4 Å². The normalized spacial score (nSPS) is 10.4. The summed E-state index contributed by atoms with van der Waals surface area (Å²) in [7, 11) is 0. The quantitative estimate of drug-likeness (QED) is 0.403. The number of ether oxygens (including phenoxy) is 1. The van der Waals surface area contributed by atoms with Gasteiger partial charge in [0.15, 0.2) is 0 Å². The van der Waals surface area contributed by atoms with Gasteiger partial charge < -0.3 is 14.9 Å². The zero-order valence-electron chi connectivity index (χ0n) is 11.9. The lowest BCUT2D eigenvalue weighted by molar-refractivity contribution is -0.114. The number of aromatic amines is 1. The van der Waals surface area contributed by atoms with Gasteiger partial charge in [0.25, 0.3) is 11.7 Å². The van der Waals surface area contributed by atoms with Crippen LogP contribution in [-0.4, -0.2) is 26.7 Å². The van der Waals surface area contributed by atoms with Crippen molar-refractivity contribution in [3.63, 3.8) is 0 Å². The lowest BCUT2D eigenvalue weighted by Crippen LogP contribution is -2.17. The zero-order valence-corrected chi connectivity index (χ0v) is 11.9. The highest BCUT2D eigenvalue weighted by molar-refractivity contribution is 6.42. The second-order valence-electron chi connectivity index (χ2n) is 4.64. The fourth-order valence-electron chi connectivity index (χ4n) is 1.84. The van der Waals surface area contributed by atoms with Gasteiger partial charge in [-0.15, -0.1) is 5.10 Å². The van der Waals surface area contributed by atoms with Crippen molar-refractivity contribution in [3.8, 4) is 11.7 Å². The van der Waals surface area contributed by atoms with E-state index in [4.69, 9.17) is 14.9 Å². The molecular formula is C15H12N4O4. The lowest BCUT2D eigenvalue weighted by Gasteiger charge is -2.02. The number of nitrogens with two attached hydrogens (primary N) is 1. The van der Waals surface area contributed by atoms with Gasteiger partial charge in [0.1, 0.15) is 17.8 Å². The average Bonchev–Trinajstić information content (AvgIpc) is 3.21. The van der Waals surface area contributed by atoms with Crippen molar-refractivity contribution in [2.75, 3.05) is 5.73 Å². The summed E-state index contributed by atoms with van der Waals surface area (Å²) in [6.07, 6.45) is 1.03. The maximum atomic E-state index is 11.9. The van der Waals surface area contributed by atoms with E-state index in [1.165, 1.54) is 6.33 Å². The molecule has 0 atom stereocenters. The van der Waals surface area contributed by atoms with Crippen LogP contribution in [0.4, 0.5) is 5.69 Å². The van der Waals surface area contributed by atoms with Crippen LogP contribution in [0, 0.1) is 0 Å². The molecular weight excluding hydrogens is 300 g/mol. The molecule has 0 saturated heterocycles. The van der Waals surface area contributed by atoms with Crippen LogP contribution >= 0.6 is 0 Å². The van der Waals surface area contributed by atoms with Crippen LogP contribution in [0.5, 0.6) is 11.7 Å². The SMILES string of the molecule is Nc1ccc(Oc2ccc(CC(=O)C(=O)c3nc[nH]n3)o2)cc1. The molecule has 0 amide bonds. The summed E-state index contributed by atoms with van der Waals surface area (Å²) in [5, 5.41) is 5.95. The van der Waals surface area contributed by atoms with Crippen molar-refractivity contribution in [3.05, 3.63) is 54.3 Å². The van der Waals surface area contributed by atoms with E-state index in [0.29, 0.717) is 17.2 Å². The summed E-state index contributed by atoms with van der Waals surface area (Å²) in [5.41, 5.74) is 6.21. The molecule has 2 heterocycles. The first-order chi connectivity index (χ1) is 11.1. The number of rotatable bonds is 6. The fraction of sp³-hybridized carbons (Fsp3) is 0.0667. The Morgan fingerprint density at radius 2 is 1.96 bits per heavy atom. The molecule has 0 aliphatic heterocycles. The highest BCUT2D eigenvalue weighted by Crippen LogP contribution is 2.24. The molecule has 0 fully saturated rings. The molecule has 0 radical (unpaired) electrons. The minimum atomic E-state index is -0.774. The number of nitrogens with one attached hydrogen (secondary N) is 1. The molecule has 0 aliphatic rings. The predicted octanol–water partition coefficient (Wildman–Crippen LogP) is 1.77. The summed E-state index contributed by atoms with van der Waals surface area (Å²) in [4.78, 5) is 27.3. The maximum absolute atomic E-state index is 11.9. The third kappa shape index (κ3) is 3.43. The molecule has 0 aliphatic carbocycles. The summed E-state index contributed by atoms with van der Waals surface area (Å²) in [5.74, 6) is -0.544. The van der Waals surface area contributed by atoms with E-state index in [1.807, 2.05) is 0 Å². The smallest absolute Gasteiger partial charge is 0.290 e. The first-order valence-electron chi connectivity index (χ1n) is 6.67. The second kappa shape index (κ2) is 6.14. The van der Waals surface area contributed by atoms with Crippen LogP contribution in [-0.2, 0) is 11.2 Å². The van der Waals surface area contributed by atoms with Crippen molar-refractivity contribution < 1.29 is 18.7 Å². The number of ketones is 2. The van der Waals surface area contributed by atoms with Crippen LogP contribution in [0.15, 0.2) is 47.1 Å². The zero-order chi connectivity index (χ0) is 16.2. The van der Waals surface area contributed by atoms with E-state index < -0.39 is 11.6 Å². The third-order valence-corrected chi connectivity index (χ3v) is 2.94. The van der Waals surface area contributed by atoms with Gasteiger partial charge >= 0.3 is 0 Å². The predicted molar refractivity (Wildman–Crippen MR) is 79.1 cm³/mol. The molecule has 0 unspecified atom stereocenters. The molecule has 2 aromatic heterocycles. The number of nitrogen functional groups attached to an aromatic ring is 1. The molecule has 8 heteroatoms. The number of hydrogen-bond donors (Lipinski definition) is 2. The number of anilines is 1. The van der Waals surface area contributed by atoms with Crippen molar-refractivity contribution in [1.82, 2.24) is 15.2 Å². The summed E-state index contributed by atoms with van der Waals surface area (Å²) < 4.78 is 10.9. The van der Waals surface area contributed by atoms with Crippen molar-refractivity contribution in [1.29, 1.82) is 0 Å². The van der Waals surface area contributed by atoms with E-state index in [-0.39, 0.29) is 18.2 Å². The Kier molecular flexibility index (Phi) is 3.88. The van der Waals surface area contributed by atoms with Gasteiger partial charge in [0, 0.05) is 11.8 Å². The Balaban J connectivity index is 1.64. The molecule has 0 bridgehead atoms. The Hall–Kier alpha value is -3.42. The Bertz CT molecular complexity index is 822. The number of carbonyl (C=O) groups excluding carboxylic acids is 2. The van der Waals surface area contributed by atoms with Gasteiger partial charge in [-0.3, -0.25) is 14.7 Å². The molecule has 3 aromatic rings. The number of aromatic nitrogens is 3. The van der Waals surface area contributed by atoms with Crippen LogP contribution in [0.25, 0.3) is 0 Å². The van der Waals surface area contributed by atoms with Gasteiger partial charge in [-0.2, -0.15) is 0 Å². The number of furan rings is 1. The maximum Gasteiger partial charge on any atom is 0.290 e. The molecule has 0 spiro atoms. The van der Waals surface area contributed by atoms with Crippen LogP contribution < -0.4 is 10.5 Å². The highest BCUT2D eigenvalue weighted by atomic mass is 16.6. The van der Waals surface area contributed by atoms with Crippen LogP contribution in [0.2, 0.25) is 0 Å². The van der Waals surface area contributed by atoms with Crippen molar-refractivity contribution >= 4 is 17.3 Å². The van der Waals surface area contributed by atoms with Crippen LogP contribution in [0.3, 0.4) is 0 Å². The molecule has 116 valence electrons. The van der Waals surface area contributed by atoms with E-state index in [9.17, 15) is 9.59 Å². The molecule has 0 saturated carbocycles. The number of H-pyrrole nitrogens is 1. The summed E-state index contributed by atoms with van der Waals surface area (Å²) in [6, 6.07) is 9.90. The highest BCUT2D eigenvalue weighted by Gasteiger charge is 2.21. The van der Waals surface area contributed by atoms with Crippen LogP contribution in [0.1, 0.15) is 16.4 Å². The second-order valence-corrected chi connectivity index (χ2v) is 4.64. The number of benzene rings is 1.